The van der Waals surface area contributed by atoms with E-state index in [4.69, 9.17) is 15.2 Å². The van der Waals surface area contributed by atoms with E-state index in [2.05, 4.69) is 44.9 Å². The molecule has 1 aliphatic carbocycles. The van der Waals surface area contributed by atoms with Crippen LogP contribution in [0, 0.1) is 5.92 Å². The third kappa shape index (κ3) is 5.19. The Bertz CT molecular complexity index is 968. The maximum Gasteiger partial charge on any atom is 0.311 e. The summed E-state index contributed by atoms with van der Waals surface area (Å²) < 4.78 is 10.9. The number of esters is 1. The highest BCUT2D eigenvalue weighted by Gasteiger charge is 2.35. The van der Waals surface area contributed by atoms with Gasteiger partial charge in [0, 0.05) is 24.6 Å². The van der Waals surface area contributed by atoms with Crippen molar-refractivity contribution in [2.24, 2.45) is 11.7 Å². The van der Waals surface area contributed by atoms with Crippen LogP contribution in [0.4, 0.5) is 0 Å². The third-order valence-electron chi connectivity index (χ3n) is 5.66. The average Bonchev–Trinajstić information content (AvgIpc) is 2.76. The van der Waals surface area contributed by atoms with Crippen molar-refractivity contribution in [2.75, 3.05) is 20.1 Å². The molecule has 2 aromatic rings. The maximum absolute atomic E-state index is 12.3. The van der Waals surface area contributed by atoms with Crippen LogP contribution < -0.4 is 15.2 Å². The van der Waals surface area contributed by atoms with Crippen molar-refractivity contribution in [3.63, 3.8) is 0 Å². The largest absolute Gasteiger partial charge is 0.425 e. The molecule has 6 heteroatoms. The SMILES string of the molecule is CC(C)C.CN1CCc2cccc3c2C1Cc1ccc(OC=O)c(OC(=O)CCCN)c1-3. The van der Waals surface area contributed by atoms with Gasteiger partial charge in [-0.2, -0.15) is 0 Å². The summed E-state index contributed by atoms with van der Waals surface area (Å²) in [6.07, 6.45) is 2.58. The minimum Gasteiger partial charge on any atom is -0.425 e. The number of fused-ring (bicyclic) bond motifs is 2. The van der Waals surface area contributed by atoms with Gasteiger partial charge in [0.25, 0.3) is 6.47 Å². The van der Waals surface area contributed by atoms with Crippen molar-refractivity contribution in [1.82, 2.24) is 4.90 Å². The van der Waals surface area contributed by atoms with E-state index in [9.17, 15) is 9.59 Å². The molecule has 172 valence electrons. The van der Waals surface area contributed by atoms with E-state index in [0.717, 1.165) is 42.0 Å². The summed E-state index contributed by atoms with van der Waals surface area (Å²) in [4.78, 5) is 25.7. The molecule has 2 aromatic carbocycles. The minimum atomic E-state index is -0.376. The number of hydrogen-bond acceptors (Lipinski definition) is 6. The van der Waals surface area contributed by atoms with Gasteiger partial charge in [-0.3, -0.25) is 14.5 Å². The number of nitrogens with zero attached hydrogens (tertiary/aromatic N) is 1. The summed E-state index contributed by atoms with van der Waals surface area (Å²) in [6.45, 7) is 8.29. The van der Waals surface area contributed by atoms with Gasteiger partial charge in [-0.05, 0) is 67.1 Å². The van der Waals surface area contributed by atoms with Gasteiger partial charge in [0.05, 0.1) is 0 Å². The number of likely N-dealkylation sites (N-methyl/N-ethyl adjacent to an activating group) is 1. The van der Waals surface area contributed by atoms with Crippen LogP contribution in [0.1, 0.15) is 56.3 Å². The van der Waals surface area contributed by atoms with Crippen molar-refractivity contribution in [1.29, 1.82) is 0 Å². The predicted molar refractivity (Wildman–Crippen MR) is 126 cm³/mol. The lowest BCUT2D eigenvalue weighted by atomic mass is 9.77. The first-order valence-corrected chi connectivity index (χ1v) is 11.4. The highest BCUT2D eigenvalue weighted by Crippen LogP contribution is 2.50. The summed E-state index contributed by atoms with van der Waals surface area (Å²) in [6, 6.07) is 10.2. The van der Waals surface area contributed by atoms with Crippen LogP contribution in [0.5, 0.6) is 11.5 Å². The topological polar surface area (TPSA) is 81.9 Å². The van der Waals surface area contributed by atoms with Crippen LogP contribution in [0.15, 0.2) is 30.3 Å². The molecule has 6 nitrogen and oxygen atoms in total. The summed E-state index contributed by atoms with van der Waals surface area (Å²) in [5.41, 5.74) is 11.1. The van der Waals surface area contributed by atoms with Gasteiger partial charge < -0.3 is 15.2 Å². The Morgan fingerprint density at radius 2 is 1.97 bits per heavy atom. The lowest BCUT2D eigenvalue weighted by Crippen LogP contribution is -2.35. The van der Waals surface area contributed by atoms with E-state index >= 15 is 0 Å². The van der Waals surface area contributed by atoms with Crippen molar-refractivity contribution < 1.29 is 19.1 Å². The van der Waals surface area contributed by atoms with Gasteiger partial charge in [-0.1, -0.05) is 45.0 Å². The highest BCUT2D eigenvalue weighted by molar-refractivity contribution is 5.86. The monoisotopic (exact) mass is 438 g/mol. The zero-order chi connectivity index (χ0) is 23.3. The first kappa shape index (κ1) is 24.0. The Balaban J connectivity index is 0.000000668. The molecule has 4 rings (SSSR count). The molecule has 32 heavy (non-hydrogen) atoms. The Kier molecular flexibility index (Phi) is 8.04. The number of nitrogens with two attached hydrogens (primary N) is 1. The van der Waals surface area contributed by atoms with Gasteiger partial charge in [-0.25, -0.2) is 0 Å². The molecule has 0 spiro atoms. The average molecular weight is 439 g/mol. The van der Waals surface area contributed by atoms with Gasteiger partial charge >= 0.3 is 5.97 Å². The van der Waals surface area contributed by atoms with E-state index in [1.165, 1.54) is 11.1 Å². The summed E-state index contributed by atoms with van der Waals surface area (Å²) >= 11 is 0. The quantitative estimate of drug-likeness (QED) is 0.412. The fraction of sp³-hybridized carbons (Fsp3) is 0.462. The van der Waals surface area contributed by atoms with E-state index in [1.807, 2.05) is 12.1 Å². The molecule has 2 N–H and O–H groups in total. The number of hydrogen-bond donors (Lipinski definition) is 1. The third-order valence-corrected chi connectivity index (χ3v) is 5.66. The minimum absolute atomic E-state index is 0.221. The van der Waals surface area contributed by atoms with Crippen molar-refractivity contribution >= 4 is 12.4 Å². The Morgan fingerprint density at radius 3 is 2.66 bits per heavy atom. The standard InChI is InChI=1S/C22H24N2O4.C4H10/c1-24-11-9-14-4-2-5-16-20(14)17(24)12-15-7-8-18(27-13-25)22(21(15)16)28-19(26)6-3-10-23;1-4(2)3/h2,4-5,7-8,13,17H,3,6,9-12,23H2,1H3;4H,1-3H3. The molecule has 0 bridgehead atoms. The van der Waals surface area contributed by atoms with Crippen LogP contribution in [-0.4, -0.2) is 37.5 Å². The molecule has 0 fully saturated rings. The zero-order valence-electron chi connectivity index (χ0n) is 19.5. The smallest absolute Gasteiger partial charge is 0.311 e. The molecule has 0 radical (unpaired) electrons. The van der Waals surface area contributed by atoms with Gasteiger partial charge in [0.2, 0.25) is 0 Å². The fourth-order valence-corrected chi connectivity index (χ4v) is 4.31. The molecule has 0 saturated carbocycles. The maximum atomic E-state index is 12.3. The molecular weight excluding hydrogens is 404 g/mol. The van der Waals surface area contributed by atoms with Crippen LogP contribution >= 0.6 is 0 Å². The van der Waals surface area contributed by atoms with Crippen LogP contribution in [0.25, 0.3) is 11.1 Å². The number of carbonyl (C=O) groups excluding carboxylic acids is 2. The fourth-order valence-electron chi connectivity index (χ4n) is 4.31. The van der Waals surface area contributed by atoms with E-state index in [0.29, 0.717) is 31.2 Å². The number of benzene rings is 2. The number of rotatable bonds is 6. The van der Waals surface area contributed by atoms with Crippen LogP contribution in [0.3, 0.4) is 0 Å². The second kappa shape index (κ2) is 10.7. The predicted octanol–water partition coefficient (Wildman–Crippen LogP) is 4.28. The van der Waals surface area contributed by atoms with Gasteiger partial charge in [0.15, 0.2) is 11.5 Å². The lowest BCUT2D eigenvalue weighted by Gasteiger charge is -2.40. The summed E-state index contributed by atoms with van der Waals surface area (Å²) in [5.74, 6) is 1.04. The van der Waals surface area contributed by atoms with Crippen molar-refractivity contribution in [2.45, 2.75) is 52.5 Å². The van der Waals surface area contributed by atoms with Crippen molar-refractivity contribution in [3.05, 3.63) is 47.0 Å². The molecule has 1 atom stereocenters. The molecule has 2 aliphatic rings. The van der Waals surface area contributed by atoms with E-state index < -0.39 is 0 Å². The molecule has 0 amide bonds. The number of carbonyl (C=O) groups is 2. The first-order chi connectivity index (χ1) is 15.4. The Labute approximate surface area is 190 Å². The van der Waals surface area contributed by atoms with Crippen LogP contribution in [0.2, 0.25) is 0 Å². The summed E-state index contributed by atoms with van der Waals surface area (Å²) in [7, 11) is 2.15. The highest BCUT2D eigenvalue weighted by atomic mass is 16.6. The second-order valence-corrected chi connectivity index (χ2v) is 9.07. The second-order valence-electron chi connectivity index (χ2n) is 9.07. The molecule has 1 heterocycles. The first-order valence-electron chi connectivity index (χ1n) is 11.4. The summed E-state index contributed by atoms with van der Waals surface area (Å²) in [5, 5.41) is 0. The molecule has 0 aromatic heterocycles. The van der Waals surface area contributed by atoms with Crippen LogP contribution in [-0.2, 0) is 22.4 Å². The molecule has 1 aliphatic heterocycles. The van der Waals surface area contributed by atoms with Gasteiger partial charge in [0.1, 0.15) is 0 Å². The zero-order valence-corrected chi connectivity index (χ0v) is 19.5. The molecule has 1 unspecified atom stereocenters. The Morgan fingerprint density at radius 1 is 1.22 bits per heavy atom. The lowest BCUT2D eigenvalue weighted by molar-refractivity contribution is -0.134. The van der Waals surface area contributed by atoms with E-state index in [-0.39, 0.29) is 18.1 Å². The normalized spacial score (nSPS) is 16.4. The van der Waals surface area contributed by atoms with Crippen molar-refractivity contribution in [3.8, 4) is 22.6 Å². The number of ether oxygens (including phenoxy) is 2. The molecular formula is C26H34N2O4. The van der Waals surface area contributed by atoms with E-state index in [1.54, 1.807) is 6.07 Å². The molecule has 0 saturated heterocycles. The Hall–Kier alpha value is -2.70. The van der Waals surface area contributed by atoms with Gasteiger partial charge in [-0.15, -0.1) is 0 Å².